The van der Waals surface area contributed by atoms with Crippen LogP contribution in [0.25, 0.3) is 0 Å². The summed E-state index contributed by atoms with van der Waals surface area (Å²) in [6.07, 6.45) is 4.29. The number of rotatable bonds is 17. The molecule has 4 rings (SSSR count). The lowest BCUT2D eigenvalue weighted by molar-refractivity contribution is -0.284. The molecule has 234 valence electrons. The zero-order chi connectivity index (χ0) is 30.2. The van der Waals surface area contributed by atoms with E-state index in [4.69, 9.17) is 4.74 Å². The van der Waals surface area contributed by atoms with Gasteiger partial charge in [-0.15, -0.1) is 11.8 Å². The molecule has 2 N–H and O–H groups in total. The molecule has 0 amide bonds. The molecule has 2 aromatic rings. The van der Waals surface area contributed by atoms with E-state index in [1.165, 1.54) is 11.1 Å². The van der Waals surface area contributed by atoms with Crippen LogP contribution >= 0.6 is 11.8 Å². The maximum atomic E-state index is 13.1. The number of benzene rings is 2. The highest BCUT2D eigenvalue weighted by molar-refractivity contribution is 7.99. The van der Waals surface area contributed by atoms with Gasteiger partial charge in [-0.3, -0.25) is 0 Å². The van der Waals surface area contributed by atoms with E-state index in [1.54, 1.807) is 30.0 Å². The van der Waals surface area contributed by atoms with E-state index in [9.17, 15) is 32.2 Å². The first-order valence-corrected chi connectivity index (χ1v) is 16.3. The number of alkyl halides is 5. The van der Waals surface area contributed by atoms with Crippen molar-refractivity contribution in [2.45, 2.75) is 118 Å². The highest BCUT2D eigenvalue weighted by Gasteiger charge is 2.56. The van der Waals surface area contributed by atoms with Gasteiger partial charge >= 0.3 is 12.1 Å². The number of hydrogen-bond donors (Lipinski definition) is 2. The van der Waals surface area contributed by atoms with Crippen LogP contribution in [0.3, 0.4) is 0 Å². The Kier molecular flexibility index (Phi) is 11.9. The molecular formula is C33H43F5O3S. The molecule has 2 aliphatic heterocycles. The number of aromatic hydroxyl groups is 2. The van der Waals surface area contributed by atoms with E-state index >= 15 is 0 Å². The number of fused-ring (bicyclic) bond motifs is 1. The minimum Gasteiger partial charge on any atom is -0.508 e. The van der Waals surface area contributed by atoms with Crippen molar-refractivity contribution in [1.29, 1.82) is 0 Å². The van der Waals surface area contributed by atoms with Gasteiger partial charge in [0.15, 0.2) is 0 Å². The minimum absolute atomic E-state index is 0.126. The fourth-order valence-corrected chi connectivity index (χ4v) is 7.64. The molecule has 0 saturated carbocycles. The zero-order valence-electron chi connectivity index (χ0n) is 24.1. The predicted octanol–water partition coefficient (Wildman–Crippen LogP) is 10.4. The molecule has 2 aliphatic rings. The SMILES string of the molecule is Oc1ccc(C2CSc3cc(O)ccc3C2CCCCCCCCCC(CCCCC(F)(F)C(F)(F)F)C2CO2)cc1. The quantitative estimate of drug-likeness (QED) is 0.106. The summed E-state index contributed by atoms with van der Waals surface area (Å²) in [6, 6.07) is 13.2. The number of phenols is 2. The van der Waals surface area contributed by atoms with Crippen molar-refractivity contribution >= 4 is 11.8 Å². The number of hydrogen-bond acceptors (Lipinski definition) is 4. The average molecular weight is 615 g/mol. The van der Waals surface area contributed by atoms with Gasteiger partial charge in [0, 0.05) is 23.0 Å². The molecule has 1 saturated heterocycles. The van der Waals surface area contributed by atoms with E-state index in [-0.39, 0.29) is 24.2 Å². The van der Waals surface area contributed by atoms with Crippen LogP contribution in [0, 0.1) is 5.92 Å². The fraction of sp³-hybridized carbons (Fsp3) is 0.636. The Labute approximate surface area is 250 Å². The van der Waals surface area contributed by atoms with Crippen LogP contribution in [0.2, 0.25) is 0 Å². The number of thioether (sulfide) groups is 1. The summed E-state index contributed by atoms with van der Waals surface area (Å²) >= 11 is 1.78. The first-order chi connectivity index (χ1) is 20.0. The van der Waals surface area contributed by atoms with Crippen LogP contribution in [-0.4, -0.2) is 40.8 Å². The maximum absolute atomic E-state index is 13.1. The number of halogens is 5. The van der Waals surface area contributed by atoms with E-state index in [1.807, 2.05) is 18.2 Å². The number of ether oxygens (including phenoxy) is 1. The second kappa shape index (κ2) is 15.1. The number of phenolic OH excluding ortho intramolecular Hbond substituents is 2. The third-order valence-electron chi connectivity index (χ3n) is 8.83. The van der Waals surface area contributed by atoms with Gasteiger partial charge in [0.25, 0.3) is 0 Å². The lowest BCUT2D eigenvalue weighted by atomic mass is 9.79. The van der Waals surface area contributed by atoms with E-state index in [0.717, 1.165) is 68.4 Å². The van der Waals surface area contributed by atoms with Crippen molar-refractivity contribution in [1.82, 2.24) is 0 Å². The smallest absolute Gasteiger partial charge is 0.453 e. The summed E-state index contributed by atoms with van der Waals surface area (Å²) in [5.74, 6) is -2.11. The van der Waals surface area contributed by atoms with E-state index < -0.39 is 18.5 Å². The molecule has 0 spiro atoms. The van der Waals surface area contributed by atoms with Crippen molar-refractivity contribution in [3.8, 4) is 11.5 Å². The Morgan fingerprint density at radius 3 is 2.02 bits per heavy atom. The van der Waals surface area contributed by atoms with Gasteiger partial charge in [0.05, 0.1) is 12.7 Å². The van der Waals surface area contributed by atoms with Crippen LogP contribution in [-0.2, 0) is 4.74 Å². The summed E-state index contributed by atoms with van der Waals surface area (Å²) in [5.41, 5.74) is 2.53. The van der Waals surface area contributed by atoms with Gasteiger partial charge in [0.1, 0.15) is 11.5 Å². The van der Waals surface area contributed by atoms with Crippen molar-refractivity contribution < 1.29 is 36.9 Å². The molecule has 42 heavy (non-hydrogen) atoms. The Morgan fingerprint density at radius 1 is 0.786 bits per heavy atom. The van der Waals surface area contributed by atoms with Crippen LogP contribution in [0.5, 0.6) is 11.5 Å². The van der Waals surface area contributed by atoms with Crippen LogP contribution in [0.4, 0.5) is 22.0 Å². The van der Waals surface area contributed by atoms with Crippen LogP contribution in [0.1, 0.15) is 106 Å². The molecule has 2 heterocycles. The lowest BCUT2D eigenvalue weighted by Gasteiger charge is -2.34. The molecule has 3 nitrogen and oxygen atoms in total. The first-order valence-electron chi connectivity index (χ1n) is 15.4. The molecule has 1 fully saturated rings. The standard InChI is InChI=1S/C33H43F5O3S/c34-32(35,33(36,37)38)19-9-8-11-24(30-21-41-30)10-6-4-2-1-3-5-7-12-27-28-18-17-26(40)20-31(28)42-22-29(27)23-13-15-25(39)16-14-23/h13-18,20,24,27,29-30,39-40H,1-12,19,21-22H2. The summed E-state index contributed by atoms with van der Waals surface area (Å²) in [5, 5.41) is 19.7. The van der Waals surface area contributed by atoms with Crippen molar-refractivity contribution in [2.75, 3.05) is 12.4 Å². The Morgan fingerprint density at radius 2 is 1.38 bits per heavy atom. The van der Waals surface area contributed by atoms with Gasteiger partial charge in [-0.25, -0.2) is 0 Å². The minimum atomic E-state index is -5.46. The summed E-state index contributed by atoms with van der Waals surface area (Å²) in [7, 11) is 0. The van der Waals surface area contributed by atoms with Gasteiger partial charge in [-0.05, 0) is 72.9 Å². The highest BCUT2D eigenvalue weighted by Crippen LogP contribution is 2.49. The fourth-order valence-electron chi connectivity index (χ4n) is 6.27. The Balaban J connectivity index is 1.13. The number of unbranched alkanes of at least 4 members (excludes halogenated alkanes) is 7. The largest absolute Gasteiger partial charge is 0.508 e. The van der Waals surface area contributed by atoms with Crippen molar-refractivity contribution in [2.24, 2.45) is 5.92 Å². The topological polar surface area (TPSA) is 53.0 Å². The van der Waals surface area contributed by atoms with Gasteiger partial charge < -0.3 is 14.9 Å². The Hall–Kier alpha value is -2.00. The molecule has 0 aromatic heterocycles. The molecule has 4 unspecified atom stereocenters. The first kappa shape index (κ1) is 32.9. The molecule has 4 atom stereocenters. The Bertz CT molecular complexity index is 1100. The third kappa shape index (κ3) is 9.50. The van der Waals surface area contributed by atoms with E-state index in [0.29, 0.717) is 37.0 Å². The van der Waals surface area contributed by atoms with E-state index in [2.05, 4.69) is 6.07 Å². The monoisotopic (exact) mass is 614 g/mol. The van der Waals surface area contributed by atoms with Gasteiger partial charge in [-0.1, -0.05) is 69.6 Å². The summed E-state index contributed by atoms with van der Waals surface area (Å²) in [6.45, 7) is 0.669. The maximum Gasteiger partial charge on any atom is 0.453 e. The zero-order valence-corrected chi connectivity index (χ0v) is 24.9. The van der Waals surface area contributed by atoms with Crippen molar-refractivity contribution in [3.63, 3.8) is 0 Å². The second-order valence-corrected chi connectivity index (χ2v) is 13.0. The molecular weight excluding hydrogens is 571 g/mol. The molecule has 0 radical (unpaired) electrons. The lowest BCUT2D eigenvalue weighted by Crippen LogP contribution is -2.36. The number of epoxide rings is 1. The summed E-state index contributed by atoms with van der Waals surface area (Å²) < 4.78 is 68.7. The normalized spacial score (nSPS) is 21.2. The second-order valence-electron chi connectivity index (χ2n) is 12.0. The molecule has 0 aliphatic carbocycles. The third-order valence-corrected chi connectivity index (χ3v) is 10.0. The van der Waals surface area contributed by atoms with Crippen LogP contribution < -0.4 is 0 Å². The van der Waals surface area contributed by atoms with Gasteiger partial charge in [0.2, 0.25) is 0 Å². The highest BCUT2D eigenvalue weighted by atomic mass is 32.2. The molecule has 9 heteroatoms. The molecule has 2 aromatic carbocycles. The van der Waals surface area contributed by atoms with Crippen LogP contribution in [0.15, 0.2) is 47.4 Å². The summed E-state index contributed by atoms with van der Waals surface area (Å²) in [4.78, 5) is 1.16. The predicted molar refractivity (Wildman–Crippen MR) is 157 cm³/mol. The van der Waals surface area contributed by atoms with Gasteiger partial charge in [-0.2, -0.15) is 22.0 Å². The van der Waals surface area contributed by atoms with Crippen molar-refractivity contribution in [3.05, 3.63) is 53.6 Å². The average Bonchev–Trinajstić information content (AvgIpc) is 3.78. The molecule has 0 bridgehead atoms.